The number of rotatable bonds is 4. The highest BCUT2D eigenvalue weighted by molar-refractivity contribution is 5.88. The normalized spacial score (nSPS) is 11.8. The minimum absolute atomic E-state index is 0.0933. The summed E-state index contributed by atoms with van der Waals surface area (Å²) in [6, 6.07) is 5.90. The van der Waals surface area contributed by atoms with Gasteiger partial charge in [0.1, 0.15) is 5.58 Å². The first-order chi connectivity index (χ1) is 8.91. The van der Waals surface area contributed by atoms with E-state index in [0.29, 0.717) is 0 Å². The summed E-state index contributed by atoms with van der Waals surface area (Å²) in [4.78, 5) is 11.9. The fourth-order valence-electron chi connectivity index (χ4n) is 1.97. The molecule has 4 nitrogen and oxygen atoms in total. The minimum Gasteiger partial charge on any atom is -0.464 e. The van der Waals surface area contributed by atoms with Crippen molar-refractivity contribution in [2.24, 2.45) is 0 Å². The molecule has 2 N–H and O–H groups in total. The molecule has 0 aliphatic heterocycles. The second kappa shape index (κ2) is 5.05. The van der Waals surface area contributed by atoms with Crippen LogP contribution in [0.25, 0.3) is 11.0 Å². The van der Waals surface area contributed by atoms with Gasteiger partial charge in [-0.05, 0) is 32.9 Å². The zero-order chi connectivity index (χ0) is 14.0. The van der Waals surface area contributed by atoms with E-state index in [-0.39, 0.29) is 18.9 Å². The second-order valence-electron chi connectivity index (χ2n) is 5.53. The lowest BCUT2D eigenvalue weighted by atomic mass is 10.0. The van der Waals surface area contributed by atoms with E-state index < -0.39 is 5.54 Å². The number of fused-ring (bicyclic) bond motifs is 1. The Bertz CT molecular complexity index is 598. The Morgan fingerprint density at radius 1 is 1.42 bits per heavy atom. The van der Waals surface area contributed by atoms with E-state index in [4.69, 9.17) is 9.52 Å². The molecule has 0 aliphatic rings. The maximum Gasteiger partial charge on any atom is 0.225 e. The van der Waals surface area contributed by atoms with Gasteiger partial charge in [0.15, 0.2) is 0 Å². The summed E-state index contributed by atoms with van der Waals surface area (Å²) in [5.41, 5.74) is 2.18. The van der Waals surface area contributed by atoms with E-state index in [1.165, 1.54) is 0 Å². The average Bonchev–Trinajstić information content (AvgIpc) is 2.71. The van der Waals surface area contributed by atoms with E-state index in [2.05, 4.69) is 5.32 Å². The summed E-state index contributed by atoms with van der Waals surface area (Å²) in [5.74, 6) is -0.122. The lowest BCUT2D eigenvalue weighted by Gasteiger charge is -2.23. The zero-order valence-electron chi connectivity index (χ0n) is 11.5. The molecule has 4 heteroatoms. The zero-order valence-corrected chi connectivity index (χ0v) is 11.5. The monoisotopic (exact) mass is 261 g/mol. The molecule has 19 heavy (non-hydrogen) atoms. The molecule has 0 atom stereocenters. The number of aryl methyl sites for hydroxylation is 1. The van der Waals surface area contributed by atoms with Gasteiger partial charge in [0.25, 0.3) is 0 Å². The van der Waals surface area contributed by atoms with Crippen molar-refractivity contribution in [3.63, 3.8) is 0 Å². The summed E-state index contributed by atoms with van der Waals surface area (Å²) in [6.45, 7) is 5.47. The van der Waals surface area contributed by atoms with Gasteiger partial charge in [0, 0.05) is 10.9 Å². The number of carbonyl (C=O) groups is 1. The SMILES string of the molecule is Cc1ccc2occ(CC(=O)NC(C)(C)CO)c2c1. The van der Waals surface area contributed by atoms with Crippen LogP contribution in [-0.4, -0.2) is 23.2 Å². The Labute approximate surface area is 112 Å². The van der Waals surface area contributed by atoms with Crippen LogP contribution in [0.4, 0.5) is 0 Å². The number of carbonyl (C=O) groups excluding carboxylic acids is 1. The molecular weight excluding hydrogens is 242 g/mol. The molecular formula is C15H19NO3. The van der Waals surface area contributed by atoms with Crippen molar-refractivity contribution in [1.82, 2.24) is 5.32 Å². The van der Waals surface area contributed by atoms with Crippen molar-refractivity contribution >= 4 is 16.9 Å². The molecule has 0 bridgehead atoms. The fourth-order valence-corrected chi connectivity index (χ4v) is 1.97. The average molecular weight is 261 g/mol. The van der Waals surface area contributed by atoms with E-state index in [1.807, 2.05) is 25.1 Å². The lowest BCUT2D eigenvalue weighted by molar-refractivity contribution is -0.122. The molecule has 2 aromatic rings. The Kier molecular flexibility index (Phi) is 3.62. The van der Waals surface area contributed by atoms with Gasteiger partial charge >= 0.3 is 0 Å². The van der Waals surface area contributed by atoms with Crippen LogP contribution in [0, 0.1) is 6.92 Å². The second-order valence-corrected chi connectivity index (χ2v) is 5.53. The first-order valence-electron chi connectivity index (χ1n) is 6.30. The molecule has 1 aromatic heterocycles. The number of hydrogen-bond acceptors (Lipinski definition) is 3. The summed E-state index contributed by atoms with van der Waals surface area (Å²) in [6.07, 6.45) is 1.87. The molecule has 2 rings (SSSR count). The molecule has 102 valence electrons. The summed E-state index contributed by atoms with van der Waals surface area (Å²) >= 11 is 0. The van der Waals surface area contributed by atoms with Crippen molar-refractivity contribution < 1.29 is 14.3 Å². The highest BCUT2D eigenvalue weighted by Crippen LogP contribution is 2.22. The largest absolute Gasteiger partial charge is 0.464 e. The molecule has 0 radical (unpaired) electrons. The number of aliphatic hydroxyl groups excluding tert-OH is 1. The minimum atomic E-state index is -0.605. The molecule has 0 spiro atoms. The number of aliphatic hydroxyl groups is 1. The highest BCUT2D eigenvalue weighted by Gasteiger charge is 2.20. The van der Waals surface area contributed by atoms with E-state index in [0.717, 1.165) is 22.1 Å². The Morgan fingerprint density at radius 3 is 2.84 bits per heavy atom. The molecule has 1 aromatic carbocycles. The smallest absolute Gasteiger partial charge is 0.225 e. The molecule has 1 amide bonds. The molecule has 0 fully saturated rings. The van der Waals surface area contributed by atoms with Gasteiger partial charge in [0.05, 0.1) is 24.8 Å². The standard InChI is InChI=1S/C15H19NO3/c1-10-4-5-13-12(6-10)11(8-19-13)7-14(18)16-15(2,3)9-17/h4-6,8,17H,7,9H2,1-3H3,(H,16,18). The number of benzene rings is 1. The van der Waals surface area contributed by atoms with Gasteiger partial charge < -0.3 is 14.8 Å². The van der Waals surface area contributed by atoms with E-state index in [9.17, 15) is 4.79 Å². The fraction of sp³-hybridized carbons (Fsp3) is 0.400. The maximum absolute atomic E-state index is 11.9. The van der Waals surface area contributed by atoms with Gasteiger partial charge in [-0.3, -0.25) is 4.79 Å². The Hall–Kier alpha value is -1.81. The first-order valence-corrected chi connectivity index (χ1v) is 6.30. The third-order valence-electron chi connectivity index (χ3n) is 3.03. The van der Waals surface area contributed by atoms with Crippen LogP contribution in [0.15, 0.2) is 28.9 Å². The van der Waals surface area contributed by atoms with Crippen LogP contribution in [0.3, 0.4) is 0 Å². The number of nitrogens with one attached hydrogen (secondary N) is 1. The van der Waals surface area contributed by atoms with Gasteiger partial charge in [-0.1, -0.05) is 11.6 Å². The predicted molar refractivity (Wildman–Crippen MR) is 74.0 cm³/mol. The summed E-state index contributed by atoms with van der Waals surface area (Å²) in [5, 5.41) is 12.9. The van der Waals surface area contributed by atoms with Gasteiger partial charge in [-0.25, -0.2) is 0 Å². The van der Waals surface area contributed by atoms with Crippen molar-refractivity contribution in [2.75, 3.05) is 6.61 Å². The van der Waals surface area contributed by atoms with Crippen LogP contribution in [0.2, 0.25) is 0 Å². The maximum atomic E-state index is 11.9. The van der Waals surface area contributed by atoms with Crippen molar-refractivity contribution in [2.45, 2.75) is 32.7 Å². The van der Waals surface area contributed by atoms with E-state index in [1.54, 1.807) is 20.1 Å². The number of amides is 1. The molecule has 1 heterocycles. The van der Waals surface area contributed by atoms with Crippen molar-refractivity contribution in [3.8, 4) is 0 Å². The third-order valence-corrected chi connectivity index (χ3v) is 3.03. The summed E-state index contributed by atoms with van der Waals surface area (Å²) < 4.78 is 5.43. The van der Waals surface area contributed by atoms with Crippen molar-refractivity contribution in [1.29, 1.82) is 0 Å². The summed E-state index contributed by atoms with van der Waals surface area (Å²) in [7, 11) is 0. The molecule has 0 unspecified atom stereocenters. The van der Waals surface area contributed by atoms with Crippen LogP contribution < -0.4 is 5.32 Å². The Morgan fingerprint density at radius 2 is 2.16 bits per heavy atom. The number of hydrogen-bond donors (Lipinski definition) is 2. The quantitative estimate of drug-likeness (QED) is 0.886. The Balaban J connectivity index is 2.17. The third kappa shape index (κ3) is 3.15. The molecule has 0 aliphatic carbocycles. The van der Waals surface area contributed by atoms with E-state index >= 15 is 0 Å². The molecule has 0 saturated heterocycles. The topological polar surface area (TPSA) is 62.5 Å². The first kappa shape index (κ1) is 13.6. The lowest BCUT2D eigenvalue weighted by Crippen LogP contribution is -2.46. The number of furan rings is 1. The van der Waals surface area contributed by atoms with Crippen LogP contribution in [0.5, 0.6) is 0 Å². The van der Waals surface area contributed by atoms with Crippen LogP contribution in [0.1, 0.15) is 25.0 Å². The highest BCUT2D eigenvalue weighted by atomic mass is 16.3. The van der Waals surface area contributed by atoms with Gasteiger partial charge in [-0.15, -0.1) is 0 Å². The van der Waals surface area contributed by atoms with Gasteiger partial charge in [0.2, 0.25) is 5.91 Å². The van der Waals surface area contributed by atoms with Crippen molar-refractivity contribution in [3.05, 3.63) is 35.6 Å². The van der Waals surface area contributed by atoms with Crippen LogP contribution >= 0.6 is 0 Å². The van der Waals surface area contributed by atoms with Gasteiger partial charge in [-0.2, -0.15) is 0 Å². The predicted octanol–water partition coefficient (Wildman–Crippen LogP) is 2.17. The van der Waals surface area contributed by atoms with Crippen LogP contribution in [-0.2, 0) is 11.2 Å². The molecule has 0 saturated carbocycles.